The molecule has 0 saturated carbocycles. The third-order valence-electron chi connectivity index (χ3n) is 4.08. The molecule has 1 N–H and O–H groups in total. The molecule has 8 heteroatoms. The first-order chi connectivity index (χ1) is 12.7. The van der Waals surface area contributed by atoms with Gasteiger partial charge in [0.05, 0.1) is 37.4 Å². The molecule has 27 heavy (non-hydrogen) atoms. The summed E-state index contributed by atoms with van der Waals surface area (Å²) >= 11 is 4.87. The first-order valence-corrected chi connectivity index (χ1v) is 9.86. The third kappa shape index (κ3) is 4.16. The van der Waals surface area contributed by atoms with Crippen LogP contribution in [0.5, 0.6) is 0 Å². The van der Waals surface area contributed by atoms with E-state index in [1.54, 1.807) is 12.4 Å². The quantitative estimate of drug-likeness (QED) is 0.650. The van der Waals surface area contributed by atoms with E-state index >= 15 is 0 Å². The summed E-state index contributed by atoms with van der Waals surface area (Å²) in [5.74, 6) is -0.445. The van der Waals surface area contributed by atoms with E-state index in [9.17, 15) is 8.60 Å². The smallest absolute Gasteiger partial charge is 0.256 e. The van der Waals surface area contributed by atoms with Gasteiger partial charge in [0.25, 0.3) is 11.2 Å². The summed E-state index contributed by atoms with van der Waals surface area (Å²) in [5.41, 5.74) is 2.67. The summed E-state index contributed by atoms with van der Waals surface area (Å²) in [5, 5.41) is 0.810. The largest absolute Gasteiger partial charge is 0.288 e. The minimum atomic E-state index is -1.34. The molecule has 2 atom stereocenters. The molecular formula is C19H21ClFN4OS+. The van der Waals surface area contributed by atoms with Crippen molar-refractivity contribution in [2.45, 2.75) is 13.0 Å². The molecular weight excluding hydrogens is 387 g/mol. The molecule has 0 saturated heterocycles. The molecule has 1 aromatic carbocycles. The number of benzene rings is 1. The Labute approximate surface area is 165 Å². The van der Waals surface area contributed by atoms with Crippen LogP contribution >= 0.6 is 11.6 Å². The predicted molar refractivity (Wildman–Crippen MR) is 108 cm³/mol. The molecule has 2 unspecified atom stereocenters. The van der Waals surface area contributed by atoms with E-state index in [4.69, 9.17) is 11.6 Å². The van der Waals surface area contributed by atoms with E-state index in [0.29, 0.717) is 16.6 Å². The monoisotopic (exact) mass is 407 g/mol. The Kier molecular flexibility index (Phi) is 5.58. The summed E-state index contributed by atoms with van der Waals surface area (Å²) in [6.07, 6.45) is 3.36. The van der Waals surface area contributed by atoms with Crippen LogP contribution in [0.3, 0.4) is 0 Å². The Bertz CT molecular complexity index is 1010. The Morgan fingerprint density at radius 2 is 1.96 bits per heavy atom. The van der Waals surface area contributed by atoms with Crippen LogP contribution in [-0.4, -0.2) is 39.2 Å². The van der Waals surface area contributed by atoms with Crippen molar-refractivity contribution >= 4 is 33.7 Å². The molecule has 5 nitrogen and oxygen atoms in total. The average Bonchev–Trinajstić information content (AvgIpc) is 2.60. The van der Waals surface area contributed by atoms with Crippen LogP contribution in [0.25, 0.3) is 22.2 Å². The zero-order valence-corrected chi connectivity index (χ0v) is 17.1. The average molecular weight is 408 g/mol. The van der Waals surface area contributed by atoms with Gasteiger partial charge in [-0.1, -0.05) is 17.7 Å². The number of rotatable bonds is 5. The Hall–Kier alpha value is -1.93. The van der Waals surface area contributed by atoms with Gasteiger partial charge < -0.3 is 0 Å². The highest BCUT2D eigenvalue weighted by Gasteiger charge is 2.25. The number of hydrogen-bond donors (Lipinski definition) is 1. The highest BCUT2D eigenvalue weighted by molar-refractivity contribution is 7.77. The molecule has 2 aromatic heterocycles. The van der Waals surface area contributed by atoms with E-state index in [-0.39, 0.29) is 15.0 Å². The van der Waals surface area contributed by atoms with Gasteiger partial charge in [0, 0.05) is 29.4 Å². The van der Waals surface area contributed by atoms with Crippen LogP contribution in [0.2, 0.25) is 5.02 Å². The SMILES string of the molecule is CC(NS(=O)[N+](C)(C)C)c1cnc2c(Cl)cc(F)cc2c1-c1ccccn1. The van der Waals surface area contributed by atoms with Gasteiger partial charge in [-0.25, -0.2) is 8.28 Å². The van der Waals surface area contributed by atoms with E-state index in [1.807, 2.05) is 46.3 Å². The van der Waals surface area contributed by atoms with Crippen molar-refractivity contribution in [1.82, 2.24) is 14.7 Å². The molecule has 0 bridgehead atoms. The van der Waals surface area contributed by atoms with Crippen molar-refractivity contribution in [3.8, 4) is 11.3 Å². The van der Waals surface area contributed by atoms with Gasteiger partial charge in [-0.3, -0.25) is 9.97 Å². The maximum Gasteiger partial charge on any atom is 0.288 e. The fourth-order valence-corrected chi connectivity index (χ4v) is 3.74. The number of nitrogens with zero attached hydrogens (tertiary/aromatic N) is 3. The lowest BCUT2D eigenvalue weighted by Crippen LogP contribution is -2.44. The van der Waals surface area contributed by atoms with E-state index < -0.39 is 17.0 Å². The maximum absolute atomic E-state index is 14.1. The van der Waals surface area contributed by atoms with Crippen molar-refractivity contribution in [3.05, 3.63) is 59.1 Å². The van der Waals surface area contributed by atoms with Gasteiger partial charge in [0.15, 0.2) is 0 Å². The molecule has 3 rings (SSSR count). The summed E-state index contributed by atoms with van der Waals surface area (Å²) in [6, 6.07) is 7.87. The number of quaternary nitrogens is 1. The fourth-order valence-electron chi connectivity index (χ4n) is 2.74. The van der Waals surface area contributed by atoms with Crippen molar-refractivity contribution in [3.63, 3.8) is 0 Å². The lowest BCUT2D eigenvalue weighted by Gasteiger charge is -2.25. The normalized spacial score (nSPS) is 14.3. The lowest BCUT2D eigenvalue weighted by molar-refractivity contribution is -0.735. The fraction of sp³-hybridized carbons (Fsp3) is 0.263. The van der Waals surface area contributed by atoms with Crippen LogP contribution in [0, 0.1) is 5.82 Å². The molecule has 142 valence electrons. The van der Waals surface area contributed by atoms with Gasteiger partial charge in [-0.05, 0) is 36.8 Å². The Morgan fingerprint density at radius 3 is 2.59 bits per heavy atom. The number of aromatic nitrogens is 2. The highest BCUT2D eigenvalue weighted by atomic mass is 35.5. The molecule has 0 aliphatic carbocycles. The number of pyridine rings is 2. The molecule has 0 spiro atoms. The van der Waals surface area contributed by atoms with Crippen LogP contribution in [0.15, 0.2) is 42.7 Å². The van der Waals surface area contributed by atoms with E-state index in [1.165, 1.54) is 12.1 Å². The summed E-state index contributed by atoms with van der Waals surface area (Å²) < 4.78 is 29.9. The first kappa shape index (κ1) is 19.8. The zero-order chi connectivity index (χ0) is 19.8. The topological polar surface area (TPSA) is 54.9 Å². The van der Waals surface area contributed by atoms with Gasteiger partial charge in [-0.2, -0.15) is 8.93 Å². The minimum Gasteiger partial charge on any atom is -0.256 e. The minimum absolute atomic E-state index is 0.240. The number of halogens is 2. The number of hydrogen-bond acceptors (Lipinski definition) is 3. The summed E-state index contributed by atoms with van der Waals surface area (Å²) in [4.78, 5) is 8.86. The number of fused-ring (bicyclic) bond motifs is 1. The van der Waals surface area contributed by atoms with Gasteiger partial charge in [0.2, 0.25) is 0 Å². The van der Waals surface area contributed by atoms with Crippen molar-refractivity contribution in [2.24, 2.45) is 0 Å². The van der Waals surface area contributed by atoms with Gasteiger partial charge in [0.1, 0.15) is 5.82 Å². The standard InChI is InChI=1S/C19H21ClFN4OS/c1-12(24-27(26)25(2,3)4)15-11-23-19-14(9-13(21)10-16(19)20)18(15)17-7-5-6-8-22-17/h5-12,24H,1-4H3/q+1. The van der Waals surface area contributed by atoms with Crippen LogP contribution in [0.4, 0.5) is 4.39 Å². The maximum atomic E-state index is 14.1. The van der Waals surface area contributed by atoms with Crippen LogP contribution in [0.1, 0.15) is 18.5 Å². The summed E-state index contributed by atoms with van der Waals surface area (Å²) in [7, 11) is 5.51. The molecule has 3 aromatic rings. The van der Waals surface area contributed by atoms with E-state index in [2.05, 4.69) is 14.7 Å². The molecule has 0 amide bonds. The van der Waals surface area contributed by atoms with Crippen molar-refractivity contribution in [2.75, 3.05) is 21.1 Å². The van der Waals surface area contributed by atoms with Gasteiger partial charge >= 0.3 is 0 Å². The Balaban J connectivity index is 2.22. The second-order valence-electron chi connectivity index (χ2n) is 7.07. The van der Waals surface area contributed by atoms with Gasteiger partial charge in [-0.15, -0.1) is 0 Å². The second kappa shape index (κ2) is 7.59. The zero-order valence-electron chi connectivity index (χ0n) is 15.5. The predicted octanol–water partition coefficient (Wildman–Crippen LogP) is 4.02. The third-order valence-corrected chi connectivity index (χ3v) is 5.92. The van der Waals surface area contributed by atoms with E-state index in [0.717, 1.165) is 11.1 Å². The second-order valence-corrected chi connectivity index (χ2v) is 9.30. The molecule has 0 aliphatic heterocycles. The van der Waals surface area contributed by atoms with Crippen molar-refractivity contribution < 1.29 is 12.5 Å². The Morgan fingerprint density at radius 1 is 1.22 bits per heavy atom. The number of nitrogens with one attached hydrogen (secondary N) is 1. The van der Waals surface area contributed by atoms with Crippen LogP contribution < -0.4 is 4.72 Å². The first-order valence-electron chi connectivity index (χ1n) is 8.37. The highest BCUT2D eigenvalue weighted by Crippen LogP contribution is 2.36. The molecule has 0 radical (unpaired) electrons. The van der Waals surface area contributed by atoms with Crippen molar-refractivity contribution in [1.29, 1.82) is 0 Å². The molecule has 0 fully saturated rings. The molecule has 0 aliphatic rings. The molecule has 2 heterocycles. The lowest BCUT2D eigenvalue weighted by atomic mass is 9.96. The summed E-state index contributed by atoms with van der Waals surface area (Å²) in [6.45, 7) is 1.89. The van der Waals surface area contributed by atoms with Crippen LogP contribution in [-0.2, 0) is 11.2 Å².